The molecule has 2 N–H and O–H groups in total. The second-order valence-corrected chi connectivity index (χ2v) is 11.6. The highest BCUT2D eigenvalue weighted by atomic mass is 79.9. The van der Waals surface area contributed by atoms with Gasteiger partial charge in [-0.2, -0.15) is 0 Å². The van der Waals surface area contributed by atoms with E-state index >= 15 is 0 Å². The number of nitrogens with zero attached hydrogens (tertiary/aromatic N) is 2. The molecular weight excluding hydrogens is 542 g/mol. The number of rotatable bonds is 6. The molecule has 6 nitrogen and oxygen atoms in total. The fourth-order valence-corrected chi connectivity index (χ4v) is 4.79. The number of aromatic nitrogens is 2. The number of benzene rings is 3. The summed E-state index contributed by atoms with van der Waals surface area (Å²) in [7, 11) is 1.64. The molecule has 0 unspecified atom stereocenters. The van der Waals surface area contributed by atoms with Crippen molar-refractivity contribution in [3.63, 3.8) is 0 Å². The first kappa shape index (κ1) is 29.2. The maximum Gasteiger partial charge on any atom is 0.203 e. The zero-order chi connectivity index (χ0) is 27.1. The fourth-order valence-electron chi connectivity index (χ4n) is 4.79. The quantitative estimate of drug-likeness (QED) is 0.248. The van der Waals surface area contributed by atoms with E-state index in [-0.39, 0.29) is 51.5 Å². The summed E-state index contributed by atoms with van der Waals surface area (Å²) >= 11 is 0. The Morgan fingerprint density at radius 2 is 1.37 bits per heavy atom. The maximum absolute atomic E-state index is 13.7. The zero-order valence-corrected chi connectivity index (χ0v) is 25.0. The van der Waals surface area contributed by atoms with Gasteiger partial charge in [-0.05, 0) is 41.2 Å². The molecule has 3 aromatic carbocycles. The van der Waals surface area contributed by atoms with Gasteiger partial charge in [0, 0.05) is 22.3 Å². The average Bonchev–Trinajstić information content (AvgIpc) is 3.09. The van der Waals surface area contributed by atoms with Crippen LogP contribution in [0.4, 0.5) is 0 Å². The lowest BCUT2D eigenvalue weighted by molar-refractivity contribution is 0.0971. The van der Waals surface area contributed by atoms with Crippen LogP contribution in [0.5, 0.6) is 11.5 Å². The molecule has 0 bridgehead atoms. The van der Waals surface area contributed by atoms with Gasteiger partial charge in [-0.15, -0.1) is 17.0 Å². The molecule has 202 valence electrons. The third kappa shape index (κ3) is 5.58. The van der Waals surface area contributed by atoms with Crippen LogP contribution in [-0.4, -0.2) is 27.1 Å². The highest BCUT2D eigenvalue weighted by molar-refractivity contribution is 8.93. The van der Waals surface area contributed by atoms with Gasteiger partial charge in [0.1, 0.15) is 11.5 Å². The molecule has 0 fully saturated rings. The number of phenols is 1. The molecule has 0 radical (unpaired) electrons. The van der Waals surface area contributed by atoms with Crippen LogP contribution in [0.2, 0.25) is 0 Å². The average molecular weight is 581 g/mol. The van der Waals surface area contributed by atoms with Gasteiger partial charge < -0.3 is 19.0 Å². The number of fused-ring (bicyclic) bond motifs is 1. The lowest BCUT2D eigenvalue weighted by atomic mass is 9.78. The summed E-state index contributed by atoms with van der Waals surface area (Å²) in [4.78, 5) is 13.7. The van der Waals surface area contributed by atoms with E-state index in [1.807, 2.05) is 107 Å². The van der Waals surface area contributed by atoms with E-state index in [4.69, 9.17) is 10.1 Å². The number of halogens is 1. The number of ether oxygens (including phenoxy) is 1. The minimum atomic E-state index is -0.334. The van der Waals surface area contributed by atoms with Crippen LogP contribution in [-0.2, 0) is 23.9 Å². The van der Waals surface area contributed by atoms with Crippen LogP contribution in [0.1, 0.15) is 68.6 Å². The lowest BCUT2D eigenvalue weighted by Crippen LogP contribution is -2.28. The number of hydrogen-bond donors (Lipinski definition) is 2. The Morgan fingerprint density at radius 3 is 1.89 bits per heavy atom. The standard InChI is InChI=1S/C31H37N3O3.BrH/c1-30(2,3)22-16-21(17-23(28(22)36)31(4,5)6)26(35)19-34-25-14-10-9-13-24(25)33(29(34)32)18-20-12-8-11-15-27(20)37-7;/h8-17,32,36H,18-19H2,1-7H3;1H. The van der Waals surface area contributed by atoms with Crippen molar-refractivity contribution in [1.29, 1.82) is 5.41 Å². The van der Waals surface area contributed by atoms with E-state index in [9.17, 15) is 9.90 Å². The molecule has 1 heterocycles. The van der Waals surface area contributed by atoms with Crippen molar-refractivity contribution >= 4 is 33.8 Å². The van der Waals surface area contributed by atoms with Gasteiger partial charge in [-0.25, -0.2) is 0 Å². The molecule has 0 saturated heterocycles. The largest absolute Gasteiger partial charge is 0.507 e. The highest BCUT2D eigenvalue weighted by Gasteiger charge is 2.28. The summed E-state index contributed by atoms with van der Waals surface area (Å²) in [5.41, 5.74) is 4.27. The van der Waals surface area contributed by atoms with Crippen molar-refractivity contribution in [3.8, 4) is 11.5 Å². The Bertz CT molecular complexity index is 1500. The van der Waals surface area contributed by atoms with Crippen LogP contribution in [0, 0.1) is 5.41 Å². The summed E-state index contributed by atoms with van der Waals surface area (Å²) in [5, 5.41) is 20.1. The molecule has 0 amide bonds. The van der Waals surface area contributed by atoms with Crippen molar-refractivity contribution < 1.29 is 14.6 Å². The highest BCUT2D eigenvalue weighted by Crippen LogP contribution is 2.40. The Balaban J connectivity index is 0.00000400. The van der Waals surface area contributed by atoms with E-state index in [0.29, 0.717) is 12.1 Å². The number of nitrogens with one attached hydrogen (secondary N) is 1. The van der Waals surface area contributed by atoms with Crippen molar-refractivity contribution in [2.75, 3.05) is 7.11 Å². The third-order valence-corrected chi connectivity index (χ3v) is 6.85. The van der Waals surface area contributed by atoms with Crippen molar-refractivity contribution in [2.45, 2.75) is 65.5 Å². The molecule has 7 heteroatoms. The molecule has 0 spiro atoms. The Morgan fingerprint density at radius 1 is 0.868 bits per heavy atom. The van der Waals surface area contributed by atoms with Crippen LogP contribution >= 0.6 is 17.0 Å². The fraction of sp³-hybridized carbons (Fsp3) is 0.355. The van der Waals surface area contributed by atoms with Crippen LogP contribution in [0.25, 0.3) is 11.0 Å². The number of aromatic hydroxyl groups is 1. The van der Waals surface area contributed by atoms with Gasteiger partial charge >= 0.3 is 0 Å². The number of imidazole rings is 1. The minimum absolute atomic E-state index is 0. The normalized spacial score (nSPS) is 11.9. The number of carbonyl (C=O) groups is 1. The molecule has 0 saturated carbocycles. The van der Waals surface area contributed by atoms with Gasteiger partial charge in [0.05, 0.1) is 31.2 Å². The predicted octanol–water partition coefficient (Wildman–Crippen LogP) is 6.74. The summed E-state index contributed by atoms with van der Waals surface area (Å²) in [6.45, 7) is 12.7. The maximum atomic E-state index is 13.7. The zero-order valence-electron chi connectivity index (χ0n) is 23.3. The summed E-state index contributed by atoms with van der Waals surface area (Å²) in [6.07, 6.45) is 0. The number of hydrogen-bond acceptors (Lipinski definition) is 4. The second kappa shape index (κ2) is 10.8. The van der Waals surface area contributed by atoms with E-state index in [2.05, 4.69) is 0 Å². The topological polar surface area (TPSA) is 80.2 Å². The lowest BCUT2D eigenvalue weighted by Gasteiger charge is -2.28. The molecule has 1 aromatic heterocycles. The van der Waals surface area contributed by atoms with Crippen molar-refractivity contribution in [1.82, 2.24) is 9.13 Å². The molecule has 0 aliphatic heterocycles. The molecule has 0 aliphatic rings. The summed E-state index contributed by atoms with van der Waals surface area (Å²) in [5.74, 6) is 0.907. The number of methoxy groups -OCH3 is 1. The van der Waals surface area contributed by atoms with E-state index in [1.165, 1.54) is 0 Å². The minimum Gasteiger partial charge on any atom is -0.507 e. The number of para-hydroxylation sites is 3. The van der Waals surface area contributed by atoms with E-state index in [1.54, 1.807) is 11.7 Å². The second-order valence-electron chi connectivity index (χ2n) is 11.6. The van der Waals surface area contributed by atoms with Gasteiger partial charge in [-0.1, -0.05) is 71.9 Å². The van der Waals surface area contributed by atoms with Crippen LogP contribution < -0.4 is 10.4 Å². The molecular formula is C31H38BrN3O3. The smallest absolute Gasteiger partial charge is 0.203 e. The number of carbonyl (C=O) groups excluding carboxylic acids is 1. The van der Waals surface area contributed by atoms with Gasteiger partial charge in [-0.3, -0.25) is 10.2 Å². The Labute approximate surface area is 235 Å². The monoisotopic (exact) mass is 579 g/mol. The number of ketones is 1. The van der Waals surface area contributed by atoms with Crippen molar-refractivity contribution in [2.24, 2.45) is 0 Å². The van der Waals surface area contributed by atoms with Gasteiger partial charge in [0.2, 0.25) is 5.62 Å². The van der Waals surface area contributed by atoms with Gasteiger partial charge in [0.15, 0.2) is 5.78 Å². The first-order valence-corrected chi connectivity index (χ1v) is 12.6. The molecule has 0 atom stereocenters. The van der Waals surface area contributed by atoms with E-state index < -0.39 is 0 Å². The molecule has 4 rings (SSSR count). The van der Waals surface area contributed by atoms with Crippen LogP contribution in [0.15, 0.2) is 60.7 Å². The summed E-state index contributed by atoms with van der Waals surface area (Å²) < 4.78 is 9.19. The SMILES string of the molecule is Br.COc1ccccc1Cn1c(=N)n(CC(=O)c2cc(C(C)(C)C)c(O)c(C(C)(C)C)c2)c2ccccc21. The summed E-state index contributed by atoms with van der Waals surface area (Å²) in [6, 6.07) is 19.2. The number of Topliss-reactive ketones (excluding diaryl/α,β-unsaturated/α-hetero) is 1. The van der Waals surface area contributed by atoms with Crippen molar-refractivity contribution in [3.05, 3.63) is 88.5 Å². The van der Waals surface area contributed by atoms with E-state index in [0.717, 1.165) is 33.5 Å². The predicted molar refractivity (Wildman–Crippen MR) is 158 cm³/mol. The first-order valence-electron chi connectivity index (χ1n) is 12.6. The molecule has 0 aliphatic carbocycles. The Hall–Kier alpha value is -3.32. The van der Waals surface area contributed by atoms with Crippen LogP contribution in [0.3, 0.4) is 0 Å². The third-order valence-electron chi connectivity index (χ3n) is 6.85. The molecule has 38 heavy (non-hydrogen) atoms. The van der Waals surface area contributed by atoms with Gasteiger partial charge in [0.25, 0.3) is 0 Å². The molecule has 4 aromatic rings. The first-order chi connectivity index (χ1) is 17.3. The Kier molecular flexibility index (Phi) is 8.32. The number of phenolic OH excluding ortho intramolecular Hbond substituents is 1.